The fraction of sp³-hybridized carbons (Fsp3) is 0.304. The van der Waals surface area contributed by atoms with Crippen molar-refractivity contribution in [2.75, 3.05) is 13.3 Å². The summed E-state index contributed by atoms with van der Waals surface area (Å²) in [6.07, 6.45) is 1.64. The molecule has 2 aliphatic heterocycles. The van der Waals surface area contributed by atoms with E-state index in [1.807, 2.05) is 35.2 Å². The van der Waals surface area contributed by atoms with Gasteiger partial charge in [-0.25, -0.2) is 0 Å². The van der Waals surface area contributed by atoms with Crippen LogP contribution >= 0.6 is 0 Å². The van der Waals surface area contributed by atoms with Gasteiger partial charge in [-0.15, -0.1) is 0 Å². The van der Waals surface area contributed by atoms with Gasteiger partial charge in [0, 0.05) is 25.1 Å². The zero-order valence-electron chi connectivity index (χ0n) is 16.3. The summed E-state index contributed by atoms with van der Waals surface area (Å²) in [6, 6.07) is 16.0. The Bertz CT molecular complexity index is 1060. The average molecular weight is 390 g/mol. The molecule has 1 atom stereocenters. The number of hydrogen-bond acceptors (Lipinski definition) is 5. The first-order valence-corrected chi connectivity index (χ1v) is 9.88. The van der Waals surface area contributed by atoms with Crippen molar-refractivity contribution in [3.63, 3.8) is 0 Å². The van der Waals surface area contributed by atoms with Gasteiger partial charge in [0.05, 0.1) is 5.69 Å². The summed E-state index contributed by atoms with van der Waals surface area (Å²) in [5.74, 6) is 1.86. The highest BCUT2D eigenvalue weighted by Crippen LogP contribution is 2.34. The monoisotopic (exact) mass is 390 g/mol. The molecule has 3 heterocycles. The van der Waals surface area contributed by atoms with Gasteiger partial charge in [0.2, 0.25) is 12.6 Å². The van der Waals surface area contributed by atoms with E-state index in [-0.39, 0.29) is 18.6 Å². The first kappa shape index (κ1) is 17.8. The first-order chi connectivity index (χ1) is 14.2. The van der Waals surface area contributed by atoms with E-state index in [1.54, 1.807) is 6.07 Å². The molecule has 0 radical (unpaired) electrons. The van der Waals surface area contributed by atoms with Crippen LogP contribution in [0.3, 0.4) is 0 Å². The smallest absolute Gasteiger partial charge is 0.292 e. The summed E-state index contributed by atoms with van der Waals surface area (Å²) in [5.41, 5.74) is 4.42. The maximum absolute atomic E-state index is 12.9. The Morgan fingerprint density at radius 1 is 1.10 bits per heavy atom. The number of carbonyl (C=O) groups excluding carboxylic acids is 1. The van der Waals surface area contributed by atoms with Gasteiger partial charge in [-0.2, -0.15) is 0 Å². The summed E-state index contributed by atoms with van der Waals surface area (Å²) in [5, 5.41) is 4.17. The fourth-order valence-corrected chi connectivity index (χ4v) is 3.97. The van der Waals surface area contributed by atoms with E-state index in [0.717, 1.165) is 35.6 Å². The molecule has 6 nitrogen and oxygen atoms in total. The number of ether oxygens (including phenoxy) is 2. The van der Waals surface area contributed by atoms with Crippen LogP contribution in [0.2, 0.25) is 0 Å². The van der Waals surface area contributed by atoms with Crippen molar-refractivity contribution in [2.24, 2.45) is 0 Å². The van der Waals surface area contributed by atoms with Crippen LogP contribution in [0.4, 0.5) is 0 Å². The van der Waals surface area contributed by atoms with Gasteiger partial charge in [0.15, 0.2) is 11.5 Å². The summed E-state index contributed by atoms with van der Waals surface area (Å²) in [4.78, 5) is 14.7. The van der Waals surface area contributed by atoms with Gasteiger partial charge in [0.25, 0.3) is 5.91 Å². The summed E-state index contributed by atoms with van der Waals surface area (Å²) in [6.45, 7) is 3.65. The van der Waals surface area contributed by atoms with Crippen molar-refractivity contribution < 1.29 is 18.8 Å². The Labute approximate surface area is 169 Å². The van der Waals surface area contributed by atoms with Crippen LogP contribution < -0.4 is 9.47 Å². The summed E-state index contributed by atoms with van der Waals surface area (Å²) < 4.78 is 16.2. The van der Waals surface area contributed by atoms with Crippen molar-refractivity contribution in [1.82, 2.24) is 10.1 Å². The zero-order chi connectivity index (χ0) is 19.8. The van der Waals surface area contributed by atoms with E-state index in [2.05, 4.69) is 24.2 Å². The highest BCUT2D eigenvalue weighted by Gasteiger charge is 2.25. The van der Waals surface area contributed by atoms with Crippen molar-refractivity contribution in [3.05, 3.63) is 76.7 Å². The lowest BCUT2D eigenvalue weighted by Crippen LogP contribution is -2.35. The van der Waals surface area contributed by atoms with E-state index in [4.69, 9.17) is 14.0 Å². The molecule has 0 spiro atoms. The van der Waals surface area contributed by atoms with Gasteiger partial charge in [0.1, 0.15) is 0 Å². The van der Waals surface area contributed by atoms with Crippen LogP contribution in [-0.4, -0.2) is 29.3 Å². The number of nitrogens with zero attached hydrogens (tertiary/aromatic N) is 2. The second-order valence-corrected chi connectivity index (χ2v) is 7.65. The molecule has 0 N–H and O–H groups in total. The van der Waals surface area contributed by atoms with Crippen LogP contribution in [0, 0.1) is 0 Å². The van der Waals surface area contributed by atoms with Crippen molar-refractivity contribution in [2.45, 2.75) is 32.2 Å². The molecule has 2 aromatic carbocycles. The molecular formula is C23H22N2O4. The Kier molecular flexibility index (Phi) is 4.46. The second-order valence-electron chi connectivity index (χ2n) is 7.65. The molecule has 6 heteroatoms. The third-order valence-corrected chi connectivity index (χ3v) is 5.64. The minimum Gasteiger partial charge on any atom is -0.454 e. The molecule has 0 aliphatic carbocycles. The minimum absolute atomic E-state index is 0.103. The Morgan fingerprint density at radius 2 is 1.93 bits per heavy atom. The van der Waals surface area contributed by atoms with Crippen LogP contribution in [-0.2, 0) is 19.4 Å². The lowest BCUT2D eigenvalue weighted by atomic mass is 9.97. The van der Waals surface area contributed by atoms with Crippen LogP contribution in [0.15, 0.2) is 53.1 Å². The molecule has 5 rings (SSSR count). The average Bonchev–Trinajstić information content (AvgIpc) is 3.42. The SMILES string of the molecule is CC(Cc1ccc2c(c1)OCO2)c1cc(C(=O)N2CCc3ccccc3C2)on1. The van der Waals surface area contributed by atoms with Gasteiger partial charge >= 0.3 is 0 Å². The third kappa shape index (κ3) is 3.46. The highest BCUT2D eigenvalue weighted by molar-refractivity contribution is 5.91. The normalized spacial score (nSPS) is 15.8. The van der Waals surface area contributed by atoms with Crippen molar-refractivity contribution >= 4 is 5.91 Å². The van der Waals surface area contributed by atoms with E-state index < -0.39 is 0 Å². The molecule has 0 saturated carbocycles. The van der Waals surface area contributed by atoms with Crippen molar-refractivity contribution in [1.29, 1.82) is 0 Å². The topological polar surface area (TPSA) is 64.8 Å². The fourth-order valence-electron chi connectivity index (χ4n) is 3.97. The quantitative estimate of drug-likeness (QED) is 0.675. The third-order valence-electron chi connectivity index (χ3n) is 5.64. The molecule has 148 valence electrons. The van der Waals surface area contributed by atoms with E-state index in [0.29, 0.717) is 18.8 Å². The molecule has 1 unspecified atom stereocenters. The molecular weight excluding hydrogens is 368 g/mol. The van der Waals surface area contributed by atoms with E-state index in [1.165, 1.54) is 11.1 Å². The first-order valence-electron chi connectivity index (χ1n) is 9.88. The predicted molar refractivity (Wildman–Crippen MR) is 106 cm³/mol. The Balaban J connectivity index is 1.27. The number of rotatable bonds is 4. The maximum atomic E-state index is 12.9. The molecule has 0 bridgehead atoms. The molecule has 2 aliphatic rings. The Hall–Kier alpha value is -3.28. The van der Waals surface area contributed by atoms with Crippen LogP contribution in [0.1, 0.15) is 45.8 Å². The van der Waals surface area contributed by atoms with E-state index >= 15 is 0 Å². The van der Waals surface area contributed by atoms with Crippen molar-refractivity contribution in [3.8, 4) is 11.5 Å². The predicted octanol–water partition coefficient (Wildman–Crippen LogP) is 3.95. The number of hydrogen-bond donors (Lipinski definition) is 0. The number of benzene rings is 2. The second kappa shape index (κ2) is 7.28. The van der Waals surface area contributed by atoms with Gasteiger partial charge < -0.3 is 18.9 Å². The van der Waals surface area contributed by atoms with Gasteiger partial charge in [-0.3, -0.25) is 4.79 Å². The summed E-state index contributed by atoms with van der Waals surface area (Å²) in [7, 11) is 0. The van der Waals surface area contributed by atoms with Crippen LogP contribution in [0.5, 0.6) is 11.5 Å². The number of aromatic nitrogens is 1. The zero-order valence-corrected chi connectivity index (χ0v) is 16.3. The molecule has 29 heavy (non-hydrogen) atoms. The van der Waals surface area contributed by atoms with Gasteiger partial charge in [-0.05, 0) is 41.7 Å². The van der Waals surface area contributed by atoms with Gasteiger partial charge in [-0.1, -0.05) is 42.4 Å². The molecule has 3 aromatic rings. The lowest BCUT2D eigenvalue weighted by molar-refractivity contribution is 0.0692. The maximum Gasteiger partial charge on any atom is 0.292 e. The molecule has 1 aromatic heterocycles. The summed E-state index contributed by atoms with van der Waals surface area (Å²) >= 11 is 0. The molecule has 0 saturated heterocycles. The Morgan fingerprint density at radius 3 is 2.83 bits per heavy atom. The number of carbonyl (C=O) groups is 1. The lowest BCUT2D eigenvalue weighted by Gasteiger charge is -2.27. The number of fused-ring (bicyclic) bond motifs is 2. The largest absolute Gasteiger partial charge is 0.454 e. The standard InChI is InChI=1S/C23H22N2O4/c1-15(10-16-6-7-20-21(11-16)28-14-27-20)19-12-22(29-24-19)23(26)25-9-8-17-4-2-3-5-18(17)13-25/h2-7,11-12,15H,8-10,13-14H2,1H3. The molecule has 0 fully saturated rings. The van der Waals surface area contributed by atoms with E-state index in [9.17, 15) is 4.79 Å². The molecule has 1 amide bonds. The van der Waals surface area contributed by atoms with Crippen LogP contribution in [0.25, 0.3) is 0 Å². The minimum atomic E-state index is -0.103. The number of amides is 1. The highest BCUT2D eigenvalue weighted by atomic mass is 16.7.